The van der Waals surface area contributed by atoms with Gasteiger partial charge < -0.3 is 14.6 Å². The molecule has 2 rings (SSSR count). The molecule has 0 aliphatic rings. The summed E-state index contributed by atoms with van der Waals surface area (Å²) < 4.78 is 8.81. The SMILES string of the molecule is CCCCOCCNCCn1ccn2nc(C)cc2c1=O. The zero-order valence-corrected chi connectivity index (χ0v) is 12.8. The van der Waals surface area contributed by atoms with Crippen LogP contribution in [0, 0.1) is 6.92 Å². The highest BCUT2D eigenvalue weighted by Crippen LogP contribution is 1.99. The Morgan fingerprint density at radius 2 is 2.14 bits per heavy atom. The lowest BCUT2D eigenvalue weighted by atomic mass is 10.4. The minimum Gasteiger partial charge on any atom is -0.380 e. The lowest BCUT2D eigenvalue weighted by molar-refractivity contribution is 0.133. The largest absolute Gasteiger partial charge is 0.380 e. The molecule has 0 bridgehead atoms. The van der Waals surface area contributed by atoms with E-state index in [0.717, 1.165) is 44.8 Å². The Morgan fingerprint density at radius 3 is 2.95 bits per heavy atom. The fraction of sp³-hybridized carbons (Fsp3) is 0.600. The smallest absolute Gasteiger partial charge is 0.276 e. The third-order valence-electron chi connectivity index (χ3n) is 3.32. The number of nitrogens with zero attached hydrogens (tertiary/aromatic N) is 3. The van der Waals surface area contributed by atoms with E-state index in [1.165, 1.54) is 0 Å². The molecule has 0 saturated heterocycles. The van der Waals surface area contributed by atoms with Gasteiger partial charge in [0.1, 0.15) is 5.52 Å². The van der Waals surface area contributed by atoms with Crippen molar-refractivity contribution >= 4 is 5.52 Å². The lowest BCUT2D eigenvalue weighted by Crippen LogP contribution is -2.29. The number of nitrogens with one attached hydrogen (secondary N) is 1. The van der Waals surface area contributed by atoms with Gasteiger partial charge in [0.2, 0.25) is 0 Å². The summed E-state index contributed by atoms with van der Waals surface area (Å²) in [6.07, 6.45) is 5.87. The molecule has 0 aromatic carbocycles. The average molecular weight is 292 g/mol. The third kappa shape index (κ3) is 4.41. The molecular formula is C15H24N4O2. The van der Waals surface area contributed by atoms with E-state index < -0.39 is 0 Å². The number of unbranched alkanes of at least 4 members (excludes halogenated alkanes) is 1. The van der Waals surface area contributed by atoms with E-state index in [2.05, 4.69) is 17.3 Å². The normalized spacial score (nSPS) is 11.3. The van der Waals surface area contributed by atoms with E-state index in [1.54, 1.807) is 15.3 Å². The molecule has 0 aliphatic heterocycles. The first kappa shape index (κ1) is 15.7. The quantitative estimate of drug-likeness (QED) is 0.706. The van der Waals surface area contributed by atoms with Crippen LogP contribution in [0.4, 0.5) is 0 Å². The van der Waals surface area contributed by atoms with Crippen molar-refractivity contribution in [1.29, 1.82) is 0 Å². The van der Waals surface area contributed by atoms with Gasteiger partial charge in [-0.05, 0) is 19.4 Å². The Kier molecular flexibility index (Phi) is 5.95. The molecule has 6 heteroatoms. The van der Waals surface area contributed by atoms with Crippen LogP contribution in [0.5, 0.6) is 0 Å². The van der Waals surface area contributed by atoms with E-state index in [1.807, 2.05) is 19.2 Å². The molecule has 0 unspecified atom stereocenters. The second-order valence-corrected chi connectivity index (χ2v) is 5.13. The highest BCUT2D eigenvalue weighted by molar-refractivity contribution is 5.44. The summed E-state index contributed by atoms with van der Waals surface area (Å²) in [7, 11) is 0. The summed E-state index contributed by atoms with van der Waals surface area (Å²) >= 11 is 0. The van der Waals surface area contributed by atoms with E-state index in [4.69, 9.17) is 4.74 Å². The summed E-state index contributed by atoms with van der Waals surface area (Å²) in [4.78, 5) is 12.2. The second kappa shape index (κ2) is 7.95. The maximum Gasteiger partial charge on any atom is 0.276 e. The summed E-state index contributed by atoms with van der Waals surface area (Å²) in [6.45, 7) is 7.79. The predicted molar refractivity (Wildman–Crippen MR) is 82.8 cm³/mol. The van der Waals surface area contributed by atoms with Crippen molar-refractivity contribution in [3.05, 3.63) is 34.5 Å². The molecule has 0 saturated carbocycles. The van der Waals surface area contributed by atoms with Crippen molar-refractivity contribution in [3.8, 4) is 0 Å². The summed E-state index contributed by atoms with van der Waals surface area (Å²) in [5.74, 6) is 0. The molecule has 0 radical (unpaired) electrons. The van der Waals surface area contributed by atoms with Crippen LogP contribution in [0.2, 0.25) is 0 Å². The number of fused-ring (bicyclic) bond motifs is 1. The summed E-state index contributed by atoms with van der Waals surface area (Å²) in [5, 5.41) is 7.52. The van der Waals surface area contributed by atoms with Gasteiger partial charge in [0.15, 0.2) is 0 Å². The van der Waals surface area contributed by atoms with Gasteiger partial charge in [-0.3, -0.25) is 4.79 Å². The van der Waals surface area contributed by atoms with Gasteiger partial charge in [-0.15, -0.1) is 0 Å². The monoisotopic (exact) mass is 292 g/mol. The highest BCUT2D eigenvalue weighted by Gasteiger charge is 2.04. The standard InChI is InChI=1S/C15H24N4O2/c1-3-4-10-21-11-6-16-5-7-18-8-9-19-14(15(18)20)12-13(2)17-19/h8-9,12,16H,3-7,10-11H2,1-2H3. The van der Waals surface area contributed by atoms with Crippen LogP contribution in [0.25, 0.3) is 5.52 Å². The van der Waals surface area contributed by atoms with Crippen LogP contribution in [0.3, 0.4) is 0 Å². The Morgan fingerprint density at radius 1 is 1.29 bits per heavy atom. The van der Waals surface area contributed by atoms with Crippen molar-refractivity contribution in [2.24, 2.45) is 0 Å². The van der Waals surface area contributed by atoms with Crippen LogP contribution in [0.15, 0.2) is 23.3 Å². The number of aryl methyl sites for hydroxylation is 1. The van der Waals surface area contributed by atoms with Gasteiger partial charge in [0.05, 0.1) is 12.3 Å². The minimum absolute atomic E-state index is 0.000837. The first-order chi connectivity index (χ1) is 10.2. The van der Waals surface area contributed by atoms with Gasteiger partial charge in [-0.25, -0.2) is 4.52 Å². The van der Waals surface area contributed by atoms with Crippen molar-refractivity contribution in [3.63, 3.8) is 0 Å². The van der Waals surface area contributed by atoms with Crippen LogP contribution in [0.1, 0.15) is 25.5 Å². The van der Waals surface area contributed by atoms with Crippen LogP contribution < -0.4 is 10.9 Å². The second-order valence-electron chi connectivity index (χ2n) is 5.13. The van der Waals surface area contributed by atoms with Crippen molar-refractivity contribution in [2.75, 3.05) is 26.3 Å². The predicted octanol–water partition coefficient (Wildman–Crippen LogP) is 1.21. The fourth-order valence-electron chi connectivity index (χ4n) is 2.14. The molecule has 2 heterocycles. The van der Waals surface area contributed by atoms with E-state index in [9.17, 15) is 4.79 Å². The zero-order chi connectivity index (χ0) is 15.1. The Labute approximate surface area is 124 Å². The van der Waals surface area contributed by atoms with Crippen molar-refractivity contribution < 1.29 is 4.74 Å². The molecular weight excluding hydrogens is 268 g/mol. The molecule has 0 fully saturated rings. The van der Waals surface area contributed by atoms with Crippen LogP contribution >= 0.6 is 0 Å². The number of hydrogen-bond acceptors (Lipinski definition) is 4. The molecule has 21 heavy (non-hydrogen) atoms. The first-order valence-electron chi connectivity index (χ1n) is 7.56. The zero-order valence-electron chi connectivity index (χ0n) is 12.8. The van der Waals surface area contributed by atoms with Crippen molar-refractivity contribution in [1.82, 2.24) is 19.5 Å². The van der Waals surface area contributed by atoms with E-state index >= 15 is 0 Å². The van der Waals surface area contributed by atoms with Gasteiger partial charge in [-0.2, -0.15) is 5.10 Å². The van der Waals surface area contributed by atoms with Crippen LogP contribution in [-0.4, -0.2) is 40.5 Å². The number of hydrogen-bond donors (Lipinski definition) is 1. The summed E-state index contributed by atoms with van der Waals surface area (Å²) in [5.41, 5.74) is 1.48. The minimum atomic E-state index is -0.000837. The fourth-order valence-corrected chi connectivity index (χ4v) is 2.14. The Hall–Kier alpha value is -1.66. The lowest BCUT2D eigenvalue weighted by Gasteiger charge is -2.08. The third-order valence-corrected chi connectivity index (χ3v) is 3.32. The molecule has 2 aromatic heterocycles. The van der Waals surface area contributed by atoms with Gasteiger partial charge in [0, 0.05) is 38.6 Å². The number of aromatic nitrogens is 3. The average Bonchev–Trinajstić information content (AvgIpc) is 2.85. The van der Waals surface area contributed by atoms with Gasteiger partial charge in [-0.1, -0.05) is 13.3 Å². The topological polar surface area (TPSA) is 60.6 Å². The maximum atomic E-state index is 12.2. The first-order valence-corrected chi connectivity index (χ1v) is 7.56. The Bertz CT molecular complexity index is 618. The Balaban J connectivity index is 1.76. The van der Waals surface area contributed by atoms with E-state index in [-0.39, 0.29) is 5.56 Å². The number of ether oxygens (including phenoxy) is 1. The molecule has 2 aromatic rings. The van der Waals surface area contributed by atoms with Gasteiger partial charge in [0.25, 0.3) is 5.56 Å². The molecule has 0 spiro atoms. The molecule has 116 valence electrons. The molecule has 1 N–H and O–H groups in total. The van der Waals surface area contributed by atoms with E-state index in [0.29, 0.717) is 12.1 Å². The molecule has 0 atom stereocenters. The molecule has 0 amide bonds. The highest BCUT2D eigenvalue weighted by atomic mass is 16.5. The molecule has 0 aliphatic carbocycles. The molecule has 6 nitrogen and oxygen atoms in total. The number of rotatable bonds is 9. The maximum absolute atomic E-state index is 12.2. The van der Waals surface area contributed by atoms with Crippen LogP contribution in [-0.2, 0) is 11.3 Å². The van der Waals surface area contributed by atoms with Crippen molar-refractivity contribution in [2.45, 2.75) is 33.2 Å². The van der Waals surface area contributed by atoms with Gasteiger partial charge >= 0.3 is 0 Å². The summed E-state index contributed by atoms with van der Waals surface area (Å²) in [6, 6.07) is 1.81.